The molecule has 1 atom stereocenters. The van der Waals surface area contributed by atoms with Gasteiger partial charge in [0.2, 0.25) is 0 Å². The van der Waals surface area contributed by atoms with Crippen molar-refractivity contribution in [1.82, 2.24) is 5.32 Å². The molecule has 0 aromatic heterocycles. The van der Waals surface area contributed by atoms with Crippen molar-refractivity contribution < 1.29 is 14.6 Å². The van der Waals surface area contributed by atoms with Crippen LogP contribution in [0.2, 0.25) is 0 Å². The molecule has 124 valence electrons. The largest absolute Gasteiger partial charge is 0.444 e. The van der Waals surface area contributed by atoms with E-state index in [-0.39, 0.29) is 12.0 Å². The number of nitrogens with one attached hydrogen (secondary N) is 1. The van der Waals surface area contributed by atoms with Crippen LogP contribution in [0, 0.1) is 12.3 Å². The molecule has 1 unspecified atom stereocenters. The van der Waals surface area contributed by atoms with Gasteiger partial charge in [-0.05, 0) is 46.1 Å². The number of amides is 1. The van der Waals surface area contributed by atoms with Crippen molar-refractivity contribution in [3.05, 3.63) is 35.4 Å². The molecule has 0 aliphatic heterocycles. The summed E-state index contributed by atoms with van der Waals surface area (Å²) in [7, 11) is 0. The first-order chi connectivity index (χ1) is 10.2. The molecule has 0 heterocycles. The predicted molar refractivity (Wildman–Crippen MR) is 88.9 cm³/mol. The number of alkyl carbamates (subject to hydrolysis) is 1. The van der Waals surface area contributed by atoms with Gasteiger partial charge in [-0.2, -0.15) is 0 Å². The molecule has 0 saturated carbocycles. The fraction of sp³-hybridized carbons (Fsp3) is 0.611. The van der Waals surface area contributed by atoms with E-state index in [4.69, 9.17) is 4.74 Å². The van der Waals surface area contributed by atoms with E-state index in [0.717, 1.165) is 12.8 Å². The van der Waals surface area contributed by atoms with E-state index >= 15 is 0 Å². The maximum Gasteiger partial charge on any atom is 0.407 e. The Labute approximate surface area is 133 Å². The minimum absolute atomic E-state index is 0.0211. The first-order valence-electron chi connectivity index (χ1n) is 7.83. The van der Waals surface area contributed by atoms with Gasteiger partial charge in [0.25, 0.3) is 0 Å². The van der Waals surface area contributed by atoms with Crippen LogP contribution in [0.25, 0.3) is 0 Å². The number of aryl methyl sites for hydroxylation is 1. The number of carbonyl (C=O) groups excluding carboxylic acids is 1. The first kappa shape index (κ1) is 18.5. The van der Waals surface area contributed by atoms with E-state index in [2.05, 4.69) is 30.4 Å². The topological polar surface area (TPSA) is 58.6 Å². The van der Waals surface area contributed by atoms with Crippen molar-refractivity contribution in [2.75, 3.05) is 13.2 Å². The molecule has 0 bridgehead atoms. The summed E-state index contributed by atoms with van der Waals surface area (Å²) >= 11 is 0. The smallest absolute Gasteiger partial charge is 0.407 e. The normalized spacial score (nSPS) is 14.3. The second-order valence-electron chi connectivity index (χ2n) is 7.03. The number of aliphatic hydroxyl groups is 1. The summed E-state index contributed by atoms with van der Waals surface area (Å²) in [6, 6.07) is 8.24. The maximum absolute atomic E-state index is 11.8. The number of aliphatic hydroxyl groups excluding tert-OH is 1. The van der Waals surface area contributed by atoms with Crippen LogP contribution in [-0.2, 0) is 11.2 Å². The lowest BCUT2D eigenvalue weighted by molar-refractivity contribution is 0.0461. The Bertz CT molecular complexity index is 487. The van der Waals surface area contributed by atoms with Crippen molar-refractivity contribution in [3.8, 4) is 0 Å². The molecule has 1 rings (SSSR count). The van der Waals surface area contributed by atoms with Gasteiger partial charge in [-0.25, -0.2) is 4.79 Å². The van der Waals surface area contributed by atoms with Crippen LogP contribution >= 0.6 is 0 Å². The SMILES string of the molecule is CCC(CO)(CNC(=O)OC(C)(C)C)Cc1cccc(C)c1. The number of hydrogen-bond donors (Lipinski definition) is 2. The summed E-state index contributed by atoms with van der Waals surface area (Å²) in [4.78, 5) is 11.8. The molecule has 22 heavy (non-hydrogen) atoms. The van der Waals surface area contributed by atoms with Crippen molar-refractivity contribution >= 4 is 6.09 Å². The summed E-state index contributed by atoms with van der Waals surface area (Å²) < 4.78 is 5.26. The van der Waals surface area contributed by atoms with Gasteiger partial charge in [-0.15, -0.1) is 0 Å². The molecule has 0 aliphatic carbocycles. The summed E-state index contributed by atoms with van der Waals surface area (Å²) in [6.07, 6.45) is 1.05. The summed E-state index contributed by atoms with van der Waals surface area (Å²) in [5.74, 6) is 0. The Morgan fingerprint density at radius 3 is 2.50 bits per heavy atom. The molecule has 4 nitrogen and oxygen atoms in total. The van der Waals surface area contributed by atoms with Crippen LogP contribution in [0.3, 0.4) is 0 Å². The number of benzene rings is 1. The van der Waals surface area contributed by atoms with Crippen LogP contribution < -0.4 is 5.32 Å². The van der Waals surface area contributed by atoms with Gasteiger partial charge >= 0.3 is 6.09 Å². The molecular weight excluding hydrogens is 278 g/mol. The van der Waals surface area contributed by atoms with Gasteiger partial charge in [-0.3, -0.25) is 0 Å². The molecule has 4 heteroatoms. The van der Waals surface area contributed by atoms with E-state index in [1.807, 2.05) is 33.8 Å². The van der Waals surface area contributed by atoms with Crippen LogP contribution in [0.1, 0.15) is 45.2 Å². The predicted octanol–water partition coefficient (Wildman–Crippen LogP) is 3.45. The molecule has 0 spiro atoms. The Balaban J connectivity index is 2.72. The van der Waals surface area contributed by atoms with Crippen LogP contribution in [0.5, 0.6) is 0 Å². The highest BCUT2D eigenvalue weighted by molar-refractivity contribution is 5.67. The van der Waals surface area contributed by atoms with E-state index in [0.29, 0.717) is 6.54 Å². The molecule has 0 fully saturated rings. The summed E-state index contributed by atoms with van der Waals surface area (Å²) in [5, 5.41) is 12.7. The van der Waals surface area contributed by atoms with Gasteiger partial charge in [0.15, 0.2) is 0 Å². The van der Waals surface area contributed by atoms with Crippen LogP contribution in [-0.4, -0.2) is 30.0 Å². The lowest BCUT2D eigenvalue weighted by atomic mass is 9.79. The second kappa shape index (κ2) is 7.63. The number of rotatable bonds is 6. The maximum atomic E-state index is 11.8. The van der Waals surface area contributed by atoms with Gasteiger partial charge < -0.3 is 15.2 Å². The average molecular weight is 307 g/mol. The molecule has 0 saturated heterocycles. The fourth-order valence-electron chi connectivity index (χ4n) is 2.37. The molecule has 0 aliphatic rings. The zero-order valence-electron chi connectivity index (χ0n) is 14.4. The Hall–Kier alpha value is -1.55. The van der Waals surface area contributed by atoms with Crippen molar-refractivity contribution in [2.24, 2.45) is 5.41 Å². The zero-order chi connectivity index (χ0) is 16.8. The van der Waals surface area contributed by atoms with Crippen LogP contribution in [0.15, 0.2) is 24.3 Å². The highest BCUT2D eigenvalue weighted by atomic mass is 16.6. The van der Waals surface area contributed by atoms with Crippen LogP contribution in [0.4, 0.5) is 4.79 Å². The standard InChI is InChI=1S/C18H29NO3/c1-6-18(13-20,11-15-9-7-8-14(2)10-15)12-19-16(21)22-17(3,4)5/h7-10,20H,6,11-13H2,1-5H3,(H,19,21). The Morgan fingerprint density at radius 2 is 2.00 bits per heavy atom. The summed E-state index contributed by atoms with van der Waals surface area (Å²) in [6.45, 7) is 9.99. The zero-order valence-corrected chi connectivity index (χ0v) is 14.4. The Morgan fingerprint density at radius 1 is 1.32 bits per heavy atom. The molecule has 2 N–H and O–H groups in total. The minimum atomic E-state index is -0.519. The third kappa shape index (κ3) is 6.06. The molecule has 1 amide bonds. The van der Waals surface area contributed by atoms with E-state index in [1.54, 1.807) is 0 Å². The van der Waals surface area contributed by atoms with Gasteiger partial charge in [-0.1, -0.05) is 36.8 Å². The van der Waals surface area contributed by atoms with Gasteiger partial charge in [0, 0.05) is 12.0 Å². The lowest BCUT2D eigenvalue weighted by Gasteiger charge is -2.31. The lowest BCUT2D eigenvalue weighted by Crippen LogP contribution is -2.43. The summed E-state index contributed by atoms with van der Waals surface area (Å²) in [5.41, 5.74) is 1.47. The molecular formula is C18H29NO3. The highest BCUT2D eigenvalue weighted by Gasteiger charge is 2.29. The quantitative estimate of drug-likeness (QED) is 0.846. The number of ether oxygens (including phenoxy) is 1. The third-order valence-electron chi connectivity index (χ3n) is 3.75. The monoisotopic (exact) mass is 307 g/mol. The fourth-order valence-corrected chi connectivity index (χ4v) is 2.37. The second-order valence-corrected chi connectivity index (χ2v) is 7.03. The minimum Gasteiger partial charge on any atom is -0.444 e. The van der Waals surface area contributed by atoms with Gasteiger partial charge in [0.1, 0.15) is 5.60 Å². The molecule has 1 aromatic rings. The first-order valence-corrected chi connectivity index (χ1v) is 7.83. The number of hydrogen-bond acceptors (Lipinski definition) is 3. The number of carbonyl (C=O) groups is 1. The van der Waals surface area contributed by atoms with Crippen molar-refractivity contribution in [3.63, 3.8) is 0 Å². The van der Waals surface area contributed by atoms with E-state index < -0.39 is 11.7 Å². The highest BCUT2D eigenvalue weighted by Crippen LogP contribution is 2.26. The van der Waals surface area contributed by atoms with Crippen molar-refractivity contribution in [2.45, 2.75) is 53.1 Å². The van der Waals surface area contributed by atoms with Crippen molar-refractivity contribution in [1.29, 1.82) is 0 Å². The average Bonchev–Trinajstić information content (AvgIpc) is 2.42. The van der Waals surface area contributed by atoms with E-state index in [1.165, 1.54) is 11.1 Å². The van der Waals surface area contributed by atoms with E-state index in [9.17, 15) is 9.90 Å². The molecule has 0 radical (unpaired) electrons. The van der Waals surface area contributed by atoms with Gasteiger partial charge in [0.05, 0.1) is 6.61 Å². The molecule has 1 aromatic carbocycles. The third-order valence-corrected chi connectivity index (χ3v) is 3.75. The Kier molecular flexibility index (Phi) is 6.42.